The van der Waals surface area contributed by atoms with Crippen LogP contribution < -0.4 is 0 Å². The molecular formula is C16H20O3. The lowest BCUT2D eigenvalue weighted by Crippen LogP contribution is -2.44. The molecule has 1 aromatic rings. The molecule has 4 fully saturated rings. The first kappa shape index (κ1) is 11.6. The summed E-state index contributed by atoms with van der Waals surface area (Å²) < 4.78 is 5.70. The van der Waals surface area contributed by atoms with Gasteiger partial charge < -0.3 is 9.52 Å². The average molecular weight is 260 g/mol. The Morgan fingerprint density at radius 3 is 2.26 bits per heavy atom. The third kappa shape index (κ3) is 1.60. The first-order valence-corrected chi connectivity index (χ1v) is 7.44. The molecule has 0 unspecified atom stereocenters. The van der Waals surface area contributed by atoms with Gasteiger partial charge in [-0.3, -0.25) is 0 Å². The minimum atomic E-state index is -0.824. The smallest absolute Gasteiger partial charge is 0.339 e. The molecule has 3 nitrogen and oxygen atoms in total. The SMILES string of the molecule is Cc1coc(C2C3CC4CC(C3)CC2C4)c1C(=O)O. The molecule has 0 aromatic carbocycles. The van der Waals surface area contributed by atoms with Gasteiger partial charge in [-0.2, -0.15) is 0 Å². The van der Waals surface area contributed by atoms with E-state index in [1.807, 2.05) is 6.92 Å². The number of hydrogen-bond acceptors (Lipinski definition) is 2. The average Bonchev–Trinajstić information content (AvgIpc) is 2.69. The molecule has 4 aliphatic rings. The zero-order valence-corrected chi connectivity index (χ0v) is 11.3. The second-order valence-electron chi connectivity index (χ2n) is 6.92. The quantitative estimate of drug-likeness (QED) is 0.879. The van der Waals surface area contributed by atoms with Gasteiger partial charge in [-0.1, -0.05) is 0 Å². The van der Waals surface area contributed by atoms with Crippen molar-refractivity contribution in [1.82, 2.24) is 0 Å². The lowest BCUT2D eigenvalue weighted by atomic mass is 9.51. The van der Waals surface area contributed by atoms with Crippen LogP contribution in [-0.4, -0.2) is 11.1 Å². The van der Waals surface area contributed by atoms with Crippen molar-refractivity contribution in [2.24, 2.45) is 23.7 Å². The molecule has 0 aliphatic heterocycles. The van der Waals surface area contributed by atoms with Crippen LogP contribution in [0.5, 0.6) is 0 Å². The topological polar surface area (TPSA) is 50.4 Å². The van der Waals surface area contributed by atoms with E-state index in [2.05, 4.69) is 0 Å². The highest BCUT2D eigenvalue weighted by molar-refractivity contribution is 5.90. The maximum absolute atomic E-state index is 11.5. The number of carboxylic acid groups (broad SMARTS) is 1. The van der Waals surface area contributed by atoms with Gasteiger partial charge in [-0.05, 0) is 62.7 Å². The number of carbonyl (C=O) groups is 1. The van der Waals surface area contributed by atoms with Gasteiger partial charge in [0.25, 0.3) is 0 Å². The lowest BCUT2D eigenvalue weighted by Gasteiger charge is -2.53. The molecule has 3 heteroatoms. The molecular weight excluding hydrogens is 240 g/mol. The van der Waals surface area contributed by atoms with Crippen LogP contribution >= 0.6 is 0 Å². The van der Waals surface area contributed by atoms with Crippen molar-refractivity contribution in [3.8, 4) is 0 Å². The number of hydrogen-bond donors (Lipinski definition) is 1. The molecule has 0 radical (unpaired) electrons. The Bertz CT molecular complexity index is 500. The number of carboxylic acids is 1. The third-order valence-electron chi connectivity index (χ3n) is 5.75. The molecule has 102 valence electrons. The summed E-state index contributed by atoms with van der Waals surface area (Å²) in [4.78, 5) is 11.5. The van der Waals surface area contributed by atoms with Crippen molar-refractivity contribution in [3.63, 3.8) is 0 Å². The molecule has 0 atom stereocenters. The second kappa shape index (κ2) is 3.87. The first-order valence-electron chi connectivity index (χ1n) is 7.44. The van der Waals surface area contributed by atoms with Crippen LogP contribution in [0.1, 0.15) is 59.7 Å². The summed E-state index contributed by atoms with van der Waals surface area (Å²) in [5, 5.41) is 9.43. The number of furan rings is 1. The van der Waals surface area contributed by atoms with Crippen molar-refractivity contribution in [1.29, 1.82) is 0 Å². The number of rotatable bonds is 2. The molecule has 4 saturated carbocycles. The second-order valence-corrected chi connectivity index (χ2v) is 6.92. The van der Waals surface area contributed by atoms with Gasteiger partial charge >= 0.3 is 5.97 Å². The molecule has 1 heterocycles. The van der Waals surface area contributed by atoms with E-state index in [9.17, 15) is 9.90 Å². The molecule has 0 amide bonds. The zero-order valence-electron chi connectivity index (χ0n) is 11.3. The minimum absolute atomic E-state index is 0.368. The maximum Gasteiger partial charge on any atom is 0.339 e. The van der Waals surface area contributed by atoms with E-state index in [1.54, 1.807) is 6.26 Å². The minimum Gasteiger partial charge on any atom is -0.478 e. The van der Waals surface area contributed by atoms with E-state index >= 15 is 0 Å². The summed E-state index contributed by atoms with van der Waals surface area (Å²) in [7, 11) is 0. The van der Waals surface area contributed by atoms with Crippen molar-refractivity contribution in [2.45, 2.75) is 44.9 Å². The highest BCUT2D eigenvalue weighted by atomic mass is 16.4. The van der Waals surface area contributed by atoms with Crippen molar-refractivity contribution < 1.29 is 14.3 Å². The monoisotopic (exact) mass is 260 g/mol. The molecule has 4 aliphatic carbocycles. The Kier molecular flexibility index (Phi) is 2.36. The highest BCUT2D eigenvalue weighted by Gasteiger charge is 2.50. The Morgan fingerprint density at radius 2 is 1.74 bits per heavy atom. The van der Waals surface area contributed by atoms with Crippen LogP contribution in [0.25, 0.3) is 0 Å². The molecule has 5 rings (SSSR count). The van der Waals surface area contributed by atoms with Gasteiger partial charge in [0.15, 0.2) is 0 Å². The number of aromatic carboxylic acids is 1. The fraction of sp³-hybridized carbons (Fsp3) is 0.688. The predicted octanol–water partition coefficient (Wildman–Crippen LogP) is 3.83. The van der Waals surface area contributed by atoms with Gasteiger partial charge in [0.2, 0.25) is 0 Å². The Balaban J connectivity index is 1.75. The first-order chi connectivity index (χ1) is 9.13. The molecule has 1 aromatic heterocycles. The Morgan fingerprint density at radius 1 is 1.16 bits per heavy atom. The van der Waals surface area contributed by atoms with Gasteiger partial charge in [-0.25, -0.2) is 4.79 Å². The van der Waals surface area contributed by atoms with Crippen LogP contribution in [-0.2, 0) is 0 Å². The molecule has 0 spiro atoms. The van der Waals surface area contributed by atoms with E-state index in [0.717, 1.165) is 23.2 Å². The zero-order chi connectivity index (χ0) is 13.1. The maximum atomic E-state index is 11.5. The van der Waals surface area contributed by atoms with Crippen molar-refractivity contribution in [2.75, 3.05) is 0 Å². The third-order valence-corrected chi connectivity index (χ3v) is 5.75. The van der Waals surface area contributed by atoms with Gasteiger partial charge in [0, 0.05) is 11.5 Å². The van der Waals surface area contributed by atoms with Crippen molar-refractivity contribution in [3.05, 3.63) is 23.2 Å². The van der Waals surface area contributed by atoms with Gasteiger partial charge in [0.1, 0.15) is 11.3 Å². The molecule has 0 saturated heterocycles. The summed E-state index contributed by atoms with van der Waals surface area (Å²) >= 11 is 0. The van der Waals surface area contributed by atoms with Crippen LogP contribution in [0.2, 0.25) is 0 Å². The van der Waals surface area contributed by atoms with Crippen LogP contribution in [0.4, 0.5) is 0 Å². The van der Waals surface area contributed by atoms with E-state index in [0.29, 0.717) is 23.3 Å². The summed E-state index contributed by atoms with van der Waals surface area (Å²) in [5.41, 5.74) is 1.22. The largest absolute Gasteiger partial charge is 0.478 e. The fourth-order valence-electron chi connectivity index (χ4n) is 5.34. The normalized spacial score (nSPS) is 39.7. The van der Waals surface area contributed by atoms with Crippen molar-refractivity contribution >= 4 is 5.97 Å². The summed E-state index contributed by atoms with van der Waals surface area (Å²) in [6.07, 6.45) is 8.20. The summed E-state index contributed by atoms with van der Waals surface area (Å²) in [6.45, 7) is 1.84. The standard InChI is InChI=1S/C16H20O3/c1-8-7-19-15(13(8)16(17)18)14-11-3-9-2-10(5-11)6-12(14)4-9/h7,9-12,14H,2-6H2,1H3,(H,17,18). The summed E-state index contributed by atoms with van der Waals surface area (Å²) in [5.74, 6) is 3.47. The Labute approximate surface area is 113 Å². The predicted molar refractivity (Wildman–Crippen MR) is 70.2 cm³/mol. The number of aryl methyl sites for hydroxylation is 1. The molecule has 4 bridgehead atoms. The Hall–Kier alpha value is -1.25. The summed E-state index contributed by atoms with van der Waals surface area (Å²) in [6, 6.07) is 0. The highest BCUT2D eigenvalue weighted by Crippen LogP contribution is 2.60. The van der Waals surface area contributed by atoms with E-state index < -0.39 is 5.97 Å². The van der Waals surface area contributed by atoms with Gasteiger partial charge in [-0.15, -0.1) is 0 Å². The lowest BCUT2D eigenvalue weighted by molar-refractivity contribution is -0.0101. The van der Waals surface area contributed by atoms with E-state index in [1.165, 1.54) is 32.1 Å². The van der Waals surface area contributed by atoms with Gasteiger partial charge in [0.05, 0.1) is 6.26 Å². The fourth-order valence-corrected chi connectivity index (χ4v) is 5.34. The molecule has 19 heavy (non-hydrogen) atoms. The van der Waals surface area contributed by atoms with E-state index in [-0.39, 0.29) is 0 Å². The van der Waals surface area contributed by atoms with Crippen LogP contribution in [0.15, 0.2) is 10.7 Å². The van der Waals surface area contributed by atoms with Crippen LogP contribution in [0, 0.1) is 30.6 Å². The van der Waals surface area contributed by atoms with E-state index in [4.69, 9.17) is 4.42 Å². The molecule has 1 N–H and O–H groups in total. The van der Waals surface area contributed by atoms with Crippen LogP contribution in [0.3, 0.4) is 0 Å².